The Labute approximate surface area is 183 Å². The number of carbonyl (C=O) groups is 1. The van der Waals surface area contributed by atoms with Crippen LogP contribution in [0, 0.1) is 6.92 Å². The smallest absolute Gasteiger partial charge is 0.324 e. The molecule has 4 aromatic rings. The van der Waals surface area contributed by atoms with Gasteiger partial charge in [0.15, 0.2) is 5.65 Å². The summed E-state index contributed by atoms with van der Waals surface area (Å²) >= 11 is 1.71. The van der Waals surface area contributed by atoms with Crippen molar-refractivity contribution in [3.05, 3.63) is 56.6 Å². The summed E-state index contributed by atoms with van der Waals surface area (Å²) < 4.78 is 2.72. The van der Waals surface area contributed by atoms with E-state index in [0.717, 1.165) is 52.7 Å². The van der Waals surface area contributed by atoms with Crippen LogP contribution >= 0.6 is 11.3 Å². The maximum Gasteiger partial charge on any atom is 0.352 e. The zero-order valence-corrected chi connectivity index (χ0v) is 18.6. The van der Waals surface area contributed by atoms with Crippen molar-refractivity contribution in [2.45, 2.75) is 58.9 Å². The highest BCUT2D eigenvalue weighted by Crippen LogP contribution is 2.36. The third-order valence-corrected chi connectivity index (χ3v) is 7.28. The van der Waals surface area contributed by atoms with E-state index in [0.29, 0.717) is 5.65 Å². The molecule has 0 radical (unpaired) electrons. The second kappa shape index (κ2) is 7.92. The molecule has 1 aromatic carbocycles. The lowest BCUT2D eigenvalue weighted by Crippen LogP contribution is -2.28. The summed E-state index contributed by atoms with van der Waals surface area (Å²) in [5, 5.41) is 8.53. The number of carbonyl (C=O) groups excluding carboxylic acids is 1. The molecular weight excluding hydrogens is 410 g/mol. The topological polar surface area (TPSA) is 81.3 Å². The standard InChI is InChI=1S/C23H25N5O2S/c1-3-15-9-7-8-14(2)20(15)25-18(29)12-28-23(30)27-13-24-22-19(21(27)26-28)16-10-5-4-6-11-17(16)31-22/h7-9,13H,3-6,10-12H2,1-2H3,(H,25,29). The van der Waals surface area contributed by atoms with Crippen LogP contribution in [-0.4, -0.2) is 25.1 Å². The highest BCUT2D eigenvalue weighted by Gasteiger charge is 2.21. The van der Waals surface area contributed by atoms with Crippen LogP contribution in [0.25, 0.3) is 15.9 Å². The normalized spacial score (nSPS) is 14.0. The van der Waals surface area contributed by atoms with Gasteiger partial charge in [0, 0.05) is 10.6 Å². The van der Waals surface area contributed by atoms with Gasteiger partial charge in [0.25, 0.3) is 0 Å². The van der Waals surface area contributed by atoms with Crippen LogP contribution in [0.1, 0.15) is 47.8 Å². The third kappa shape index (κ3) is 3.44. The van der Waals surface area contributed by atoms with Gasteiger partial charge in [-0.05, 0) is 55.7 Å². The number of rotatable bonds is 4. The Morgan fingerprint density at radius 1 is 1.23 bits per heavy atom. The first-order chi connectivity index (χ1) is 15.1. The summed E-state index contributed by atoms with van der Waals surface area (Å²) in [6.07, 6.45) is 7.96. The molecule has 5 rings (SSSR count). The van der Waals surface area contributed by atoms with Gasteiger partial charge in [0.2, 0.25) is 5.91 Å². The third-order valence-electron chi connectivity index (χ3n) is 6.09. The predicted octanol–water partition coefficient (Wildman–Crippen LogP) is 3.88. The molecule has 0 saturated heterocycles. The number of aryl methyl sites for hydroxylation is 4. The van der Waals surface area contributed by atoms with Crippen molar-refractivity contribution >= 4 is 38.8 Å². The number of para-hydroxylation sites is 1. The van der Waals surface area contributed by atoms with E-state index < -0.39 is 0 Å². The van der Waals surface area contributed by atoms with Crippen molar-refractivity contribution in [3.8, 4) is 0 Å². The molecule has 0 fully saturated rings. The maximum atomic E-state index is 13.0. The second-order valence-corrected chi connectivity index (χ2v) is 9.22. The van der Waals surface area contributed by atoms with Crippen LogP contribution in [0.3, 0.4) is 0 Å². The molecule has 1 amide bonds. The fourth-order valence-corrected chi connectivity index (χ4v) is 5.70. The minimum atomic E-state index is -0.339. The van der Waals surface area contributed by atoms with E-state index in [-0.39, 0.29) is 18.1 Å². The average molecular weight is 436 g/mol. The van der Waals surface area contributed by atoms with Crippen molar-refractivity contribution < 1.29 is 4.79 Å². The number of thiophene rings is 1. The first-order valence-corrected chi connectivity index (χ1v) is 11.6. The van der Waals surface area contributed by atoms with E-state index in [1.807, 2.05) is 25.1 Å². The summed E-state index contributed by atoms with van der Waals surface area (Å²) in [7, 11) is 0. The molecule has 0 saturated carbocycles. The Morgan fingerprint density at radius 2 is 2.06 bits per heavy atom. The summed E-state index contributed by atoms with van der Waals surface area (Å²) in [5.74, 6) is -0.261. The SMILES string of the molecule is CCc1cccc(C)c1NC(=O)Cn1nc2c3c4c(sc3ncn2c1=O)CCCCC4. The van der Waals surface area contributed by atoms with Crippen LogP contribution in [0.5, 0.6) is 0 Å². The Kier molecular flexibility index (Phi) is 5.09. The van der Waals surface area contributed by atoms with E-state index in [9.17, 15) is 9.59 Å². The van der Waals surface area contributed by atoms with Gasteiger partial charge >= 0.3 is 5.69 Å². The molecule has 0 spiro atoms. The van der Waals surface area contributed by atoms with Crippen molar-refractivity contribution in [3.63, 3.8) is 0 Å². The number of hydrogen-bond acceptors (Lipinski definition) is 5. The van der Waals surface area contributed by atoms with E-state index in [1.165, 1.54) is 38.7 Å². The van der Waals surface area contributed by atoms with E-state index in [1.54, 1.807) is 11.3 Å². The van der Waals surface area contributed by atoms with Crippen LogP contribution < -0.4 is 11.0 Å². The van der Waals surface area contributed by atoms with Crippen LogP contribution in [-0.2, 0) is 30.6 Å². The molecule has 0 atom stereocenters. The number of nitrogens with zero attached hydrogens (tertiary/aromatic N) is 4. The molecule has 3 heterocycles. The molecule has 7 nitrogen and oxygen atoms in total. The lowest BCUT2D eigenvalue weighted by Gasteiger charge is -2.12. The number of benzene rings is 1. The van der Waals surface area contributed by atoms with Crippen molar-refractivity contribution in [1.29, 1.82) is 0 Å². The average Bonchev–Trinajstić information content (AvgIpc) is 3.16. The lowest BCUT2D eigenvalue weighted by molar-refractivity contribution is -0.117. The van der Waals surface area contributed by atoms with Gasteiger partial charge in [0.05, 0.1) is 5.39 Å². The van der Waals surface area contributed by atoms with E-state index in [4.69, 9.17) is 0 Å². The highest BCUT2D eigenvalue weighted by atomic mass is 32.1. The maximum absolute atomic E-state index is 13.0. The largest absolute Gasteiger partial charge is 0.352 e. The van der Waals surface area contributed by atoms with Crippen LogP contribution in [0.4, 0.5) is 5.69 Å². The Hall–Kier alpha value is -3.00. The molecule has 1 N–H and O–H groups in total. The van der Waals surface area contributed by atoms with Gasteiger partial charge < -0.3 is 5.32 Å². The van der Waals surface area contributed by atoms with E-state index >= 15 is 0 Å². The molecular formula is C23H25N5O2S. The molecule has 8 heteroatoms. The fourth-order valence-electron chi connectivity index (χ4n) is 4.47. The Balaban J connectivity index is 1.52. The highest BCUT2D eigenvalue weighted by molar-refractivity contribution is 7.19. The van der Waals surface area contributed by atoms with Crippen LogP contribution in [0.15, 0.2) is 29.3 Å². The number of anilines is 1. The number of nitrogens with one attached hydrogen (secondary N) is 1. The Bertz CT molecular complexity index is 1360. The van der Waals surface area contributed by atoms with Crippen molar-refractivity contribution in [2.75, 3.05) is 5.32 Å². The van der Waals surface area contributed by atoms with Crippen LogP contribution in [0.2, 0.25) is 0 Å². The molecule has 1 aliphatic carbocycles. The monoisotopic (exact) mass is 435 g/mol. The van der Waals surface area contributed by atoms with Crippen molar-refractivity contribution in [2.24, 2.45) is 0 Å². The summed E-state index contributed by atoms with van der Waals surface area (Å²) in [5.41, 5.74) is 4.44. The number of aromatic nitrogens is 4. The number of fused-ring (bicyclic) bond motifs is 5. The number of amides is 1. The van der Waals surface area contributed by atoms with Gasteiger partial charge in [-0.15, -0.1) is 16.4 Å². The van der Waals surface area contributed by atoms with E-state index in [2.05, 4.69) is 22.3 Å². The molecule has 0 bridgehead atoms. The molecule has 0 unspecified atom stereocenters. The zero-order valence-electron chi connectivity index (χ0n) is 17.8. The summed E-state index contributed by atoms with van der Waals surface area (Å²) in [4.78, 5) is 32.6. The fraction of sp³-hybridized carbons (Fsp3) is 0.391. The molecule has 3 aromatic heterocycles. The van der Waals surface area contributed by atoms with Gasteiger partial charge in [-0.1, -0.05) is 31.5 Å². The second-order valence-electron chi connectivity index (χ2n) is 8.13. The molecule has 1 aliphatic rings. The van der Waals surface area contributed by atoms with Crippen molar-refractivity contribution in [1.82, 2.24) is 19.2 Å². The van der Waals surface area contributed by atoms with Gasteiger partial charge in [-0.2, -0.15) is 0 Å². The first-order valence-electron chi connectivity index (χ1n) is 10.8. The lowest BCUT2D eigenvalue weighted by atomic mass is 10.1. The quantitative estimate of drug-likeness (QED) is 0.493. The molecule has 0 aliphatic heterocycles. The molecule has 160 valence electrons. The Morgan fingerprint density at radius 3 is 2.90 bits per heavy atom. The predicted molar refractivity (Wildman–Crippen MR) is 123 cm³/mol. The van der Waals surface area contributed by atoms with Gasteiger partial charge in [0.1, 0.15) is 17.7 Å². The molecule has 31 heavy (non-hydrogen) atoms. The summed E-state index contributed by atoms with van der Waals surface area (Å²) in [6, 6.07) is 5.96. The van der Waals surface area contributed by atoms with Gasteiger partial charge in [-0.3, -0.25) is 4.79 Å². The first kappa shape index (κ1) is 19.9. The van der Waals surface area contributed by atoms with Gasteiger partial charge in [-0.25, -0.2) is 18.9 Å². The minimum Gasteiger partial charge on any atom is -0.324 e. The number of hydrogen-bond donors (Lipinski definition) is 1. The zero-order chi connectivity index (χ0) is 21.5. The minimum absolute atomic E-state index is 0.133. The summed E-state index contributed by atoms with van der Waals surface area (Å²) in [6.45, 7) is 3.89.